The van der Waals surface area contributed by atoms with Gasteiger partial charge in [-0.2, -0.15) is 0 Å². The van der Waals surface area contributed by atoms with Gasteiger partial charge in [-0.1, -0.05) is 27.2 Å². The number of amides is 1. The molecule has 180 valence electrons. The molecule has 31 heavy (non-hydrogen) atoms. The molecule has 4 atom stereocenters. The van der Waals surface area contributed by atoms with Crippen LogP contribution in [0.1, 0.15) is 59.3 Å². The largest absolute Gasteiger partial charge is 0.481 e. The minimum atomic E-state index is -4.16. The first-order valence-electron chi connectivity index (χ1n) is 10.2. The molecular weight excluding hydrogens is 433 g/mol. The van der Waals surface area contributed by atoms with Crippen LogP contribution in [-0.4, -0.2) is 62.8 Å². The van der Waals surface area contributed by atoms with Crippen molar-refractivity contribution in [2.75, 3.05) is 12.8 Å². The zero-order chi connectivity index (χ0) is 24.2. The van der Waals surface area contributed by atoms with E-state index in [0.29, 0.717) is 6.42 Å². The molecule has 11 nitrogen and oxygen atoms in total. The lowest BCUT2D eigenvalue weighted by molar-refractivity contribution is -0.145. The van der Waals surface area contributed by atoms with Crippen molar-refractivity contribution >= 4 is 31.4 Å². The fourth-order valence-corrected chi connectivity index (χ4v) is 4.44. The number of hydrogen-bond acceptors (Lipinski definition) is 6. The molecule has 1 amide bonds. The molecule has 0 saturated carbocycles. The molecule has 0 aliphatic carbocycles. The van der Waals surface area contributed by atoms with Gasteiger partial charge in [-0.15, -0.1) is 0 Å². The molecule has 0 saturated heterocycles. The van der Waals surface area contributed by atoms with Gasteiger partial charge in [-0.3, -0.25) is 18.9 Å². The minimum Gasteiger partial charge on any atom is -0.481 e. The number of aliphatic carboxylic acids is 3. The number of carbonyl (C=O) groups is 4. The van der Waals surface area contributed by atoms with E-state index in [1.165, 1.54) is 0 Å². The predicted octanol–water partition coefficient (Wildman–Crippen LogP) is 2.18. The summed E-state index contributed by atoms with van der Waals surface area (Å²) in [4.78, 5) is 55.5. The summed E-state index contributed by atoms with van der Waals surface area (Å²) in [5.41, 5.74) is 0. The highest BCUT2D eigenvalue weighted by Crippen LogP contribution is 2.44. The average molecular weight is 467 g/mol. The predicted molar refractivity (Wildman–Crippen MR) is 111 cm³/mol. The topological polar surface area (TPSA) is 188 Å². The standard InChI is InChI=1S/C19H34NO10P/c1-4-6-13(17(22)23)11-31(28,29)30-10-5-7-15(19(26)27)20-16(21)9-8-14(12(2)3)18(24)25/h12-15H,4-11H2,1-3H3,(H,20,21)(H,22,23)(H,24,25)(H,26,27)(H,28,29)/t13?,14-,15+/m1/s1. The van der Waals surface area contributed by atoms with Crippen LogP contribution in [0, 0.1) is 17.8 Å². The Balaban J connectivity index is 4.56. The summed E-state index contributed by atoms with van der Waals surface area (Å²) >= 11 is 0. The van der Waals surface area contributed by atoms with Gasteiger partial charge in [0.1, 0.15) is 6.04 Å². The van der Waals surface area contributed by atoms with Crippen LogP contribution in [0.3, 0.4) is 0 Å². The van der Waals surface area contributed by atoms with Crippen LogP contribution in [0.5, 0.6) is 0 Å². The first-order chi connectivity index (χ1) is 14.3. The maximum absolute atomic E-state index is 12.1. The average Bonchev–Trinajstić information content (AvgIpc) is 2.62. The SMILES string of the molecule is CCCC(CP(=O)(O)OCCC[C@H](NC(=O)CC[C@@H](C(=O)O)C(C)C)C(=O)O)C(=O)O. The van der Waals surface area contributed by atoms with E-state index in [9.17, 15) is 33.7 Å². The van der Waals surface area contributed by atoms with Gasteiger partial charge in [0.25, 0.3) is 0 Å². The monoisotopic (exact) mass is 467 g/mol. The highest BCUT2D eigenvalue weighted by molar-refractivity contribution is 7.52. The fraction of sp³-hybridized carbons (Fsp3) is 0.789. The van der Waals surface area contributed by atoms with Crippen LogP contribution in [0.4, 0.5) is 0 Å². The summed E-state index contributed by atoms with van der Waals surface area (Å²) in [6, 6.07) is -1.26. The molecule has 0 aromatic carbocycles. The van der Waals surface area contributed by atoms with Crippen molar-refractivity contribution in [2.24, 2.45) is 17.8 Å². The molecule has 0 aliphatic heterocycles. The molecule has 12 heteroatoms. The molecule has 0 heterocycles. The molecule has 0 aliphatic rings. The summed E-state index contributed by atoms with van der Waals surface area (Å²) in [5.74, 6) is -6.01. The molecule has 0 spiro atoms. The van der Waals surface area contributed by atoms with E-state index in [2.05, 4.69) is 5.32 Å². The van der Waals surface area contributed by atoms with E-state index in [4.69, 9.17) is 14.7 Å². The van der Waals surface area contributed by atoms with Crippen LogP contribution in [0.2, 0.25) is 0 Å². The third kappa shape index (κ3) is 12.5. The van der Waals surface area contributed by atoms with E-state index in [-0.39, 0.29) is 44.6 Å². The lowest BCUT2D eigenvalue weighted by atomic mass is 9.91. The second kappa shape index (κ2) is 14.2. The maximum Gasteiger partial charge on any atom is 0.328 e. The molecule has 5 N–H and O–H groups in total. The Bertz CT molecular complexity index is 666. The van der Waals surface area contributed by atoms with E-state index < -0.39 is 55.5 Å². The van der Waals surface area contributed by atoms with Crippen molar-refractivity contribution in [1.82, 2.24) is 5.32 Å². The van der Waals surface area contributed by atoms with Crippen LogP contribution < -0.4 is 5.32 Å². The lowest BCUT2D eigenvalue weighted by Gasteiger charge is -2.19. The molecule has 0 rings (SSSR count). The van der Waals surface area contributed by atoms with Crippen molar-refractivity contribution in [3.8, 4) is 0 Å². The van der Waals surface area contributed by atoms with Gasteiger partial charge in [-0.05, 0) is 31.6 Å². The first kappa shape index (κ1) is 29.0. The van der Waals surface area contributed by atoms with Crippen molar-refractivity contribution in [3.63, 3.8) is 0 Å². The van der Waals surface area contributed by atoms with Crippen molar-refractivity contribution in [1.29, 1.82) is 0 Å². The van der Waals surface area contributed by atoms with Crippen molar-refractivity contribution < 1.29 is 48.5 Å². The van der Waals surface area contributed by atoms with Gasteiger partial charge in [0.05, 0.1) is 24.6 Å². The van der Waals surface area contributed by atoms with Crippen LogP contribution in [0.25, 0.3) is 0 Å². The quantitative estimate of drug-likeness (QED) is 0.157. The molecule has 2 unspecified atom stereocenters. The number of carboxylic acids is 3. The first-order valence-corrected chi connectivity index (χ1v) is 12.0. The lowest BCUT2D eigenvalue weighted by Crippen LogP contribution is -2.41. The third-order valence-electron chi connectivity index (χ3n) is 4.81. The van der Waals surface area contributed by atoms with Gasteiger partial charge in [0.2, 0.25) is 5.91 Å². The van der Waals surface area contributed by atoms with Crippen molar-refractivity contribution in [2.45, 2.75) is 65.3 Å². The number of carbonyl (C=O) groups excluding carboxylic acids is 1. The Morgan fingerprint density at radius 3 is 2.03 bits per heavy atom. The van der Waals surface area contributed by atoms with Crippen LogP contribution >= 0.6 is 7.60 Å². The van der Waals surface area contributed by atoms with Gasteiger partial charge in [0, 0.05) is 6.42 Å². The molecule has 0 radical (unpaired) electrons. The van der Waals surface area contributed by atoms with E-state index in [1.807, 2.05) is 0 Å². The number of carboxylic acid groups (broad SMARTS) is 3. The third-order valence-corrected chi connectivity index (χ3v) is 6.29. The summed E-state index contributed by atoms with van der Waals surface area (Å²) in [5, 5.41) is 29.8. The van der Waals surface area contributed by atoms with E-state index in [1.54, 1.807) is 20.8 Å². The number of hydrogen-bond donors (Lipinski definition) is 5. The molecular formula is C19H34NO10P. The number of nitrogens with one attached hydrogen (secondary N) is 1. The molecule has 0 aromatic heterocycles. The second-order valence-electron chi connectivity index (χ2n) is 7.81. The summed E-state index contributed by atoms with van der Waals surface area (Å²) in [6.07, 6.45) is 0.120. The Hall–Kier alpha value is -1.97. The fourth-order valence-electron chi connectivity index (χ4n) is 3.02. The second-order valence-corrected chi connectivity index (χ2v) is 9.70. The Labute approximate surface area is 181 Å². The minimum absolute atomic E-state index is 0.0387. The Kier molecular flexibility index (Phi) is 13.3. The zero-order valence-electron chi connectivity index (χ0n) is 18.2. The van der Waals surface area contributed by atoms with Crippen LogP contribution in [0.15, 0.2) is 0 Å². The molecule has 0 fully saturated rings. The van der Waals surface area contributed by atoms with E-state index in [0.717, 1.165) is 0 Å². The van der Waals surface area contributed by atoms with E-state index >= 15 is 0 Å². The maximum atomic E-state index is 12.1. The van der Waals surface area contributed by atoms with Gasteiger partial charge >= 0.3 is 25.5 Å². The normalized spacial score (nSPS) is 16.2. The van der Waals surface area contributed by atoms with Crippen molar-refractivity contribution in [3.05, 3.63) is 0 Å². The Morgan fingerprint density at radius 2 is 1.58 bits per heavy atom. The smallest absolute Gasteiger partial charge is 0.328 e. The summed E-state index contributed by atoms with van der Waals surface area (Å²) in [7, 11) is -4.16. The summed E-state index contributed by atoms with van der Waals surface area (Å²) in [6.45, 7) is 4.92. The van der Waals surface area contributed by atoms with Gasteiger partial charge in [-0.25, -0.2) is 4.79 Å². The van der Waals surface area contributed by atoms with Gasteiger partial charge < -0.3 is 30.1 Å². The Morgan fingerprint density at radius 1 is 0.968 bits per heavy atom. The van der Waals surface area contributed by atoms with Crippen LogP contribution in [-0.2, 0) is 28.3 Å². The molecule has 0 aromatic rings. The van der Waals surface area contributed by atoms with Gasteiger partial charge in [0.15, 0.2) is 0 Å². The highest BCUT2D eigenvalue weighted by atomic mass is 31.2. The zero-order valence-corrected chi connectivity index (χ0v) is 19.0. The molecule has 0 bridgehead atoms. The summed E-state index contributed by atoms with van der Waals surface area (Å²) < 4.78 is 17.0. The number of rotatable bonds is 17. The highest BCUT2D eigenvalue weighted by Gasteiger charge is 2.30.